The Morgan fingerprint density at radius 3 is 2.89 bits per heavy atom. The summed E-state index contributed by atoms with van der Waals surface area (Å²) in [4.78, 5) is 31.9. The zero-order valence-corrected chi connectivity index (χ0v) is 20.0. The largest absolute Gasteiger partial charge is 0.494 e. The van der Waals surface area contributed by atoms with E-state index < -0.39 is 0 Å². The molecule has 3 aliphatic heterocycles. The second-order valence-electron chi connectivity index (χ2n) is 8.74. The number of fused-ring (bicyclic) bond motifs is 8. The third-order valence-electron chi connectivity index (χ3n) is 6.39. The third kappa shape index (κ3) is 4.77. The van der Waals surface area contributed by atoms with Crippen LogP contribution < -0.4 is 25.3 Å². The van der Waals surface area contributed by atoms with Gasteiger partial charge in [0.1, 0.15) is 11.6 Å². The van der Waals surface area contributed by atoms with E-state index in [1.54, 1.807) is 19.2 Å². The van der Waals surface area contributed by atoms with Gasteiger partial charge in [-0.15, -0.1) is 0 Å². The summed E-state index contributed by atoms with van der Waals surface area (Å²) in [5.41, 5.74) is 9.07. The van der Waals surface area contributed by atoms with E-state index in [0.717, 1.165) is 16.7 Å². The van der Waals surface area contributed by atoms with Crippen LogP contribution in [0.3, 0.4) is 0 Å². The summed E-state index contributed by atoms with van der Waals surface area (Å²) >= 11 is 0. The zero-order chi connectivity index (χ0) is 25.1. The fourth-order valence-electron chi connectivity index (χ4n) is 4.63. The number of hydrogen-bond donors (Lipinski definition) is 2. The maximum atomic E-state index is 13.7. The molecule has 6 rings (SSSR count). The Kier molecular flexibility index (Phi) is 6.62. The maximum Gasteiger partial charge on any atom is 0.257 e. The topological polar surface area (TPSA) is 116 Å². The summed E-state index contributed by atoms with van der Waals surface area (Å²) in [6.07, 6.45) is 2.77. The molecule has 3 N–H and O–H groups in total. The molecule has 1 atom stereocenters. The van der Waals surface area contributed by atoms with Crippen molar-refractivity contribution < 1.29 is 23.8 Å². The number of nitrogens with two attached hydrogens (primary N) is 1. The lowest BCUT2D eigenvalue weighted by molar-refractivity contribution is -0.123. The van der Waals surface area contributed by atoms with Crippen molar-refractivity contribution in [1.29, 1.82) is 0 Å². The standard InChI is InChI=1S/C27H28N4O5/c1-34-22-14-21-17-8-10-31(27(33)19-6-7-24(28)30-15-19)26(21)18-4-2-5-20(12-18)35-11-3-9-29-25(32)16-36-23(22)13-17/h2,4-7,12-15,26H,3,8-11,16H2,1H3,(H2,28,30)(H,29,32). The van der Waals surface area contributed by atoms with Crippen molar-refractivity contribution in [3.05, 3.63) is 77.0 Å². The summed E-state index contributed by atoms with van der Waals surface area (Å²) in [5, 5.41) is 2.84. The number of carbonyl (C=O) groups excluding carboxylic acids is 2. The van der Waals surface area contributed by atoms with E-state index in [1.165, 1.54) is 6.20 Å². The van der Waals surface area contributed by atoms with Gasteiger partial charge in [0.15, 0.2) is 18.1 Å². The van der Waals surface area contributed by atoms with Gasteiger partial charge >= 0.3 is 0 Å². The van der Waals surface area contributed by atoms with Crippen molar-refractivity contribution in [3.8, 4) is 17.2 Å². The smallest absolute Gasteiger partial charge is 0.257 e. The number of rotatable bonds is 2. The predicted octanol–water partition coefficient (Wildman–Crippen LogP) is 2.74. The summed E-state index contributed by atoms with van der Waals surface area (Å²) in [6, 6.07) is 14.5. The average Bonchev–Trinajstić information content (AvgIpc) is 2.90. The lowest BCUT2D eigenvalue weighted by Gasteiger charge is -2.38. The summed E-state index contributed by atoms with van der Waals surface area (Å²) in [6.45, 7) is 1.29. The van der Waals surface area contributed by atoms with Crippen LogP contribution >= 0.6 is 0 Å². The fraction of sp³-hybridized carbons (Fsp3) is 0.296. The molecule has 0 saturated carbocycles. The van der Waals surface area contributed by atoms with Gasteiger partial charge in [-0.1, -0.05) is 12.1 Å². The minimum atomic E-state index is -0.387. The fourth-order valence-corrected chi connectivity index (χ4v) is 4.63. The van der Waals surface area contributed by atoms with Gasteiger partial charge in [0.05, 0.1) is 25.3 Å². The van der Waals surface area contributed by atoms with Crippen LogP contribution in [0.4, 0.5) is 5.82 Å². The van der Waals surface area contributed by atoms with E-state index in [2.05, 4.69) is 10.3 Å². The number of amides is 2. The number of hydrogen-bond acceptors (Lipinski definition) is 7. The van der Waals surface area contributed by atoms with Gasteiger partial charge < -0.3 is 30.2 Å². The van der Waals surface area contributed by atoms with Gasteiger partial charge in [0.2, 0.25) is 0 Å². The van der Waals surface area contributed by atoms with E-state index in [4.69, 9.17) is 19.9 Å². The highest BCUT2D eigenvalue weighted by atomic mass is 16.5. The first-order valence-corrected chi connectivity index (χ1v) is 11.9. The van der Waals surface area contributed by atoms with Crippen LogP contribution in [0.1, 0.15) is 39.5 Å². The van der Waals surface area contributed by atoms with E-state index in [1.807, 2.05) is 41.3 Å². The normalized spacial score (nSPS) is 17.5. The molecule has 9 heteroatoms. The highest BCUT2D eigenvalue weighted by Crippen LogP contribution is 2.42. The number of nitrogens with zero attached hydrogens (tertiary/aromatic N) is 2. The van der Waals surface area contributed by atoms with Gasteiger partial charge in [-0.2, -0.15) is 0 Å². The monoisotopic (exact) mass is 488 g/mol. The molecule has 2 aromatic carbocycles. The Morgan fingerprint density at radius 1 is 1.19 bits per heavy atom. The number of nitrogens with one attached hydrogen (secondary N) is 1. The summed E-state index contributed by atoms with van der Waals surface area (Å²) in [5.74, 6) is 1.69. The number of nitrogen functional groups attached to an aromatic ring is 1. The molecular weight excluding hydrogens is 460 g/mol. The minimum absolute atomic E-state index is 0.118. The molecule has 36 heavy (non-hydrogen) atoms. The molecule has 0 aliphatic carbocycles. The third-order valence-corrected chi connectivity index (χ3v) is 6.39. The first-order chi connectivity index (χ1) is 17.5. The van der Waals surface area contributed by atoms with Crippen LogP contribution in [-0.4, -0.2) is 55.1 Å². The number of anilines is 1. The number of methoxy groups -OCH3 is 1. The van der Waals surface area contributed by atoms with E-state index in [9.17, 15) is 9.59 Å². The number of ether oxygens (including phenoxy) is 3. The highest BCUT2D eigenvalue weighted by molar-refractivity contribution is 5.95. The van der Waals surface area contributed by atoms with Crippen LogP contribution in [0, 0.1) is 0 Å². The SMILES string of the molecule is COc1cc2c3cc1OCC(=O)NCCCOc1cccc(c1)C2N(C(=O)c1ccc(N)nc1)CC3. The Hall–Kier alpha value is -4.27. The molecule has 3 aromatic rings. The minimum Gasteiger partial charge on any atom is -0.494 e. The molecule has 0 fully saturated rings. The van der Waals surface area contributed by atoms with Crippen molar-refractivity contribution in [2.45, 2.75) is 18.9 Å². The highest BCUT2D eigenvalue weighted by Gasteiger charge is 2.34. The molecule has 2 amide bonds. The summed E-state index contributed by atoms with van der Waals surface area (Å²) in [7, 11) is 1.56. The van der Waals surface area contributed by atoms with Crippen molar-refractivity contribution in [1.82, 2.24) is 15.2 Å². The van der Waals surface area contributed by atoms with Crippen molar-refractivity contribution in [2.75, 3.05) is 39.1 Å². The molecule has 0 saturated heterocycles. The second-order valence-corrected chi connectivity index (χ2v) is 8.74. The quantitative estimate of drug-likeness (QED) is 0.570. The van der Waals surface area contributed by atoms with E-state index in [-0.39, 0.29) is 24.5 Å². The molecule has 1 aromatic heterocycles. The van der Waals surface area contributed by atoms with Crippen molar-refractivity contribution in [2.24, 2.45) is 0 Å². The van der Waals surface area contributed by atoms with E-state index in [0.29, 0.717) is 61.2 Å². The van der Waals surface area contributed by atoms with Crippen LogP contribution in [-0.2, 0) is 11.2 Å². The molecule has 4 heterocycles. The molecular formula is C27H28N4O5. The molecule has 6 bridgehead atoms. The Bertz CT molecular complexity index is 1280. The van der Waals surface area contributed by atoms with Gasteiger partial charge in [0.25, 0.3) is 11.8 Å². The Balaban J connectivity index is 1.62. The lowest BCUT2D eigenvalue weighted by Crippen LogP contribution is -2.40. The van der Waals surface area contributed by atoms with Gasteiger partial charge in [0, 0.05) is 19.3 Å². The van der Waals surface area contributed by atoms with Gasteiger partial charge in [-0.05, 0) is 65.9 Å². The predicted molar refractivity (Wildman–Crippen MR) is 133 cm³/mol. The summed E-state index contributed by atoms with van der Waals surface area (Å²) < 4.78 is 17.4. The Morgan fingerprint density at radius 2 is 2.08 bits per heavy atom. The van der Waals surface area contributed by atoms with Crippen LogP contribution in [0.5, 0.6) is 17.2 Å². The second kappa shape index (κ2) is 10.2. The Labute approximate surface area is 209 Å². The number of carbonyl (C=O) groups is 2. The first kappa shape index (κ1) is 23.5. The van der Waals surface area contributed by atoms with Crippen LogP contribution in [0.2, 0.25) is 0 Å². The van der Waals surface area contributed by atoms with Gasteiger partial charge in [-0.25, -0.2) is 4.98 Å². The zero-order valence-electron chi connectivity index (χ0n) is 20.0. The average molecular weight is 489 g/mol. The number of benzene rings is 2. The number of pyridine rings is 1. The molecule has 0 radical (unpaired) electrons. The maximum absolute atomic E-state index is 13.7. The van der Waals surface area contributed by atoms with Crippen LogP contribution in [0.15, 0.2) is 54.7 Å². The molecule has 9 nitrogen and oxygen atoms in total. The molecule has 1 unspecified atom stereocenters. The molecule has 0 spiro atoms. The van der Waals surface area contributed by atoms with E-state index >= 15 is 0 Å². The number of aromatic nitrogens is 1. The molecule has 186 valence electrons. The van der Waals surface area contributed by atoms with Crippen molar-refractivity contribution >= 4 is 17.6 Å². The van der Waals surface area contributed by atoms with Crippen molar-refractivity contribution in [3.63, 3.8) is 0 Å². The van der Waals surface area contributed by atoms with Gasteiger partial charge in [-0.3, -0.25) is 9.59 Å². The first-order valence-electron chi connectivity index (χ1n) is 11.9. The van der Waals surface area contributed by atoms with Crippen LogP contribution in [0.25, 0.3) is 0 Å². The molecule has 3 aliphatic rings. The lowest BCUT2D eigenvalue weighted by atomic mass is 9.87.